The van der Waals surface area contributed by atoms with Gasteiger partial charge in [-0.3, -0.25) is 0 Å². The molecule has 0 amide bonds. The fraction of sp³-hybridized carbons (Fsp3) is 0.467. The molecule has 124 valence electrons. The predicted octanol–water partition coefficient (Wildman–Crippen LogP) is 1.34. The molecule has 23 heavy (non-hydrogen) atoms. The smallest absolute Gasteiger partial charge is 0.476 e. The van der Waals surface area contributed by atoms with Crippen LogP contribution >= 0.6 is 0 Å². The fourth-order valence-corrected chi connectivity index (χ4v) is 2.19. The SMILES string of the molecule is CC1(C)OB(C(=Cc2cnc(C(=O)O)c(N)c2)CN)OC1(C)C. The van der Waals surface area contributed by atoms with Gasteiger partial charge in [-0.1, -0.05) is 6.08 Å². The highest BCUT2D eigenvalue weighted by molar-refractivity contribution is 6.55. The second-order valence-electron chi connectivity index (χ2n) is 6.52. The number of carboxylic acids is 1. The number of aromatic carboxylic acids is 1. The van der Waals surface area contributed by atoms with Gasteiger partial charge in [0.2, 0.25) is 0 Å². The van der Waals surface area contributed by atoms with Crippen LogP contribution in [0.1, 0.15) is 43.7 Å². The first-order valence-electron chi connectivity index (χ1n) is 7.32. The van der Waals surface area contributed by atoms with Crippen molar-refractivity contribution < 1.29 is 19.2 Å². The summed E-state index contributed by atoms with van der Waals surface area (Å²) in [4.78, 5) is 14.8. The van der Waals surface area contributed by atoms with Crippen molar-refractivity contribution in [3.63, 3.8) is 0 Å². The van der Waals surface area contributed by atoms with Crippen molar-refractivity contribution >= 4 is 24.9 Å². The van der Waals surface area contributed by atoms with E-state index in [1.807, 2.05) is 27.7 Å². The number of anilines is 1. The summed E-state index contributed by atoms with van der Waals surface area (Å²) in [5.74, 6) is -1.16. The van der Waals surface area contributed by atoms with Gasteiger partial charge in [0.05, 0.1) is 16.9 Å². The van der Waals surface area contributed by atoms with E-state index >= 15 is 0 Å². The Hall–Kier alpha value is -1.90. The third kappa shape index (κ3) is 3.39. The van der Waals surface area contributed by atoms with E-state index in [2.05, 4.69) is 4.98 Å². The van der Waals surface area contributed by atoms with Gasteiger partial charge in [0.1, 0.15) is 0 Å². The van der Waals surface area contributed by atoms with Crippen LogP contribution in [0.5, 0.6) is 0 Å². The lowest BCUT2D eigenvalue weighted by molar-refractivity contribution is 0.00578. The summed E-state index contributed by atoms with van der Waals surface area (Å²) in [5.41, 5.74) is 11.9. The largest absolute Gasteiger partial charge is 0.491 e. The molecule has 2 rings (SSSR count). The Labute approximate surface area is 135 Å². The molecule has 0 aromatic carbocycles. The van der Waals surface area contributed by atoms with Gasteiger partial charge in [-0.25, -0.2) is 9.78 Å². The summed E-state index contributed by atoms with van der Waals surface area (Å²) in [7, 11) is -0.564. The number of hydrogen-bond acceptors (Lipinski definition) is 6. The Morgan fingerprint density at radius 2 is 1.91 bits per heavy atom. The van der Waals surface area contributed by atoms with Crippen LogP contribution in [0.25, 0.3) is 6.08 Å². The minimum atomic E-state index is -1.16. The molecule has 1 fully saturated rings. The highest BCUT2D eigenvalue weighted by Gasteiger charge is 2.52. The van der Waals surface area contributed by atoms with E-state index < -0.39 is 24.3 Å². The number of nitrogens with two attached hydrogens (primary N) is 2. The maximum Gasteiger partial charge on any atom is 0.491 e. The summed E-state index contributed by atoms with van der Waals surface area (Å²) in [6.45, 7) is 8.08. The second kappa shape index (κ2) is 5.95. The molecular formula is C15H22BN3O4. The van der Waals surface area contributed by atoms with Gasteiger partial charge in [-0.15, -0.1) is 0 Å². The topological polar surface area (TPSA) is 121 Å². The second-order valence-corrected chi connectivity index (χ2v) is 6.52. The van der Waals surface area contributed by atoms with Crippen LogP contribution in [0, 0.1) is 0 Å². The van der Waals surface area contributed by atoms with Crippen molar-refractivity contribution in [2.24, 2.45) is 5.73 Å². The molecule has 0 radical (unpaired) electrons. The van der Waals surface area contributed by atoms with Gasteiger partial charge in [-0.2, -0.15) is 0 Å². The van der Waals surface area contributed by atoms with E-state index in [1.54, 1.807) is 6.08 Å². The van der Waals surface area contributed by atoms with Crippen molar-refractivity contribution in [2.45, 2.75) is 38.9 Å². The zero-order chi connectivity index (χ0) is 17.4. The zero-order valence-corrected chi connectivity index (χ0v) is 13.8. The lowest BCUT2D eigenvalue weighted by Gasteiger charge is -2.32. The molecule has 5 N–H and O–H groups in total. The first-order chi connectivity index (χ1) is 10.6. The minimum Gasteiger partial charge on any atom is -0.476 e. The number of carbonyl (C=O) groups is 1. The number of hydrogen-bond donors (Lipinski definition) is 3. The first-order valence-corrected chi connectivity index (χ1v) is 7.32. The fourth-order valence-electron chi connectivity index (χ4n) is 2.19. The Morgan fingerprint density at radius 3 is 2.35 bits per heavy atom. The molecule has 1 aromatic heterocycles. The van der Waals surface area contributed by atoms with Crippen molar-refractivity contribution in [3.05, 3.63) is 29.0 Å². The van der Waals surface area contributed by atoms with E-state index in [9.17, 15) is 4.79 Å². The van der Waals surface area contributed by atoms with Gasteiger partial charge in [-0.05, 0) is 44.8 Å². The third-order valence-electron chi connectivity index (χ3n) is 4.28. The Bertz CT molecular complexity index is 642. The highest BCUT2D eigenvalue weighted by Crippen LogP contribution is 2.38. The molecule has 1 saturated heterocycles. The summed E-state index contributed by atoms with van der Waals surface area (Å²) in [6.07, 6.45) is 3.19. The van der Waals surface area contributed by atoms with Crippen LogP contribution in [0.3, 0.4) is 0 Å². The van der Waals surface area contributed by atoms with Gasteiger partial charge < -0.3 is 25.9 Å². The van der Waals surface area contributed by atoms with E-state index in [4.69, 9.17) is 25.9 Å². The first kappa shape index (κ1) is 17.5. The standard InChI is InChI=1S/C15H22BN3O4/c1-14(2)15(3,4)23-16(22-14)10(7-17)5-9-6-11(18)12(13(20)21)19-8-9/h5-6,8H,7,17-18H2,1-4H3,(H,20,21). The van der Waals surface area contributed by atoms with Crippen molar-refractivity contribution in [3.8, 4) is 0 Å². The molecule has 0 saturated carbocycles. The van der Waals surface area contributed by atoms with Crippen LogP contribution in [0.4, 0.5) is 5.69 Å². The summed E-state index contributed by atoms with van der Waals surface area (Å²) >= 11 is 0. The average molecular weight is 319 g/mol. The highest BCUT2D eigenvalue weighted by atomic mass is 16.7. The molecule has 1 aliphatic heterocycles. The van der Waals surface area contributed by atoms with Crippen LogP contribution in [-0.4, -0.2) is 40.9 Å². The molecule has 2 heterocycles. The number of nitrogens with zero attached hydrogens (tertiary/aromatic N) is 1. The van der Waals surface area contributed by atoms with Crippen LogP contribution in [0.2, 0.25) is 0 Å². The lowest BCUT2D eigenvalue weighted by atomic mass is 9.77. The minimum absolute atomic E-state index is 0.0940. The number of aromatic nitrogens is 1. The third-order valence-corrected chi connectivity index (χ3v) is 4.28. The van der Waals surface area contributed by atoms with E-state index in [0.29, 0.717) is 5.56 Å². The number of rotatable bonds is 4. The molecule has 0 spiro atoms. The molecule has 8 heteroatoms. The predicted molar refractivity (Wildman–Crippen MR) is 88.7 cm³/mol. The molecule has 0 bridgehead atoms. The van der Waals surface area contributed by atoms with E-state index in [1.165, 1.54) is 12.3 Å². The molecule has 1 aliphatic rings. The molecule has 0 atom stereocenters. The monoisotopic (exact) mass is 319 g/mol. The molecular weight excluding hydrogens is 297 g/mol. The lowest BCUT2D eigenvalue weighted by Crippen LogP contribution is -2.41. The summed E-state index contributed by atoms with van der Waals surface area (Å²) in [5, 5.41) is 8.95. The van der Waals surface area contributed by atoms with Gasteiger partial charge in [0.25, 0.3) is 0 Å². The van der Waals surface area contributed by atoms with Crippen LogP contribution in [-0.2, 0) is 9.31 Å². The Balaban J connectivity index is 2.30. The van der Waals surface area contributed by atoms with Gasteiger partial charge >= 0.3 is 13.1 Å². The molecule has 1 aromatic rings. The van der Waals surface area contributed by atoms with Crippen LogP contribution < -0.4 is 11.5 Å². The maximum atomic E-state index is 10.9. The molecule has 0 unspecified atom stereocenters. The summed E-state index contributed by atoms with van der Waals surface area (Å²) in [6, 6.07) is 1.54. The molecule has 0 aliphatic carbocycles. The number of carboxylic acid groups (broad SMARTS) is 1. The normalized spacial score (nSPS) is 19.9. The summed E-state index contributed by atoms with van der Waals surface area (Å²) < 4.78 is 11.9. The molecule has 7 nitrogen and oxygen atoms in total. The Morgan fingerprint density at radius 1 is 1.35 bits per heavy atom. The van der Waals surface area contributed by atoms with E-state index in [-0.39, 0.29) is 17.9 Å². The van der Waals surface area contributed by atoms with Crippen molar-refractivity contribution in [1.29, 1.82) is 0 Å². The van der Waals surface area contributed by atoms with Crippen LogP contribution in [0.15, 0.2) is 17.7 Å². The van der Waals surface area contributed by atoms with Crippen molar-refractivity contribution in [2.75, 3.05) is 12.3 Å². The number of pyridine rings is 1. The maximum absolute atomic E-state index is 10.9. The number of nitrogen functional groups attached to an aromatic ring is 1. The van der Waals surface area contributed by atoms with Gasteiger partial charge in [0.15, 0.2) is 5.69 Å². The quantitative estimate of drug-likeness (QED) is 0.716. The van der Waals surface area contributed by atoms with Crippen molar-refractivity contribution in [1.82, 2.24) is 4.98 Å². The average Bonchev–Trinajstić information content (AvgIpc) is 2.64. The van der Waals surface area contributed by atoms with Gasteiger partial charge in [0, 0.05) is 12.7 Å². The van der Waals surface area contributed by atoms with E-state index in [0.717, 1.165) is 5.47 Å². The Kier molecular flexibility index (Phi) is 4.52. The zero-order valence-electron chi connectivity index (χ0n) is 13.8.